The summed E-state index contributed by atoms with van der Waals surface area (Å²) >= 11 is 0. The summed E-state index contributed by atoms with van der Waals surface area (Å²) in [5.74, 6) is -1.62. The van der Waals surface area contributed by atoms with Crippen molar-refractivity contribution in [3.8, 4) is 0 Å². The number of aromatic nitrogens is 2. The molecule has 1 aliphatic heterocycles. The van der Waals surface area contributed by atoms with Crippen molar-refractivity contribution in [3.63, 3.8) is 0 Å². The molecule has 2 heterocycles. The van der Waals surface area contributed by atoms with E-state index in [1.807, 2.05) is 0 Å². The van der Waals surface area contributed by atoms with Gasteiger partial charge in [-0.15, -0.1) is 5.10 Å². The second-order valence-electron chi connectivity index (χ2n) is 6.40. The van der Waals surface area contributed by atoms with Crippen molar-refractivity contribution < 1.29 is 22.0 Å². The molecular formula is C17H12F5N5. The number of hydrogen-bond acceptors (Lipinski definition) is 5. The van der Waals surface area contributed by atoms with Crippen LogP contribution >= 0.6 is 0 Å². The lowest BCUT2D eigenvalue weighted by molar-refractivity contribution is -0.0596. The molecule has 0 amide bonds. The Kier molecular flexibility index (Phi) is 3.93. The summed E-state index contributed by atoms with van der Waals surface area (Å²) in [6.45, 7) is 0. The van der Waals surface area contributed by atoms with E-state index in [-0.39, 0.29) is 11.7 Å². The summed E-state index contributed by atoms with van der Waals surface area (Å²) in [5, 5.41) is 9.78. The Hall–Kier alpha value is -2.91. The molecule has 1 saturated carbocycles. The third kappa shape index (κ3) is 3.38. The minimum absolute atomic E-state index is 0.135. The van der Waals surface area contributed by atoms with Gasteiger partial charge in [-0.25, -0.2) is 18.7 Å². The first-order valence-corrected chi connectivity index (χ1v) is 8.04. The second-order valence-corrected chi connectivity index (χ2v) is 6.40. The van der Waals surface area contributed by atoms with Crippen LogP contribution in [0.5, 0.6) is 0 Å². The molecule has 1 aromatic heterocycles. The minimum Gasteiger partial charge on any atom is -0.345 e. The maximum atomic E-state index is 13.5. The molecule has 1 N–H and O–H groups in total. The van der Waals surface area contributed by atoms with Crippen LogP contribution in [-0.2, 0) is 5.54 Å². The molecule has 4 rings (SSSR count). The first-order valence-electron chi connectivity index (χ1n) is 8.04. The highest BCUT2D eigenvalue weighted by Gasteiger charge is 2.45. The maximum Gasteiger partial charge on any atom is 0.431 e. The number of rotatable bonds is 4. The zero-order chi connectivity index (χ0) is 19.2. The monoisotopic (exact) mass is 381 g/mol. The van der Waals surface area contributed by atoms with Crippen LogP contribution in [-0.4, -0.2) is 27.6 Å². The fourth-order valence-electron chi connectivity index (χ4n) is 2.83. The van der Waals surface area contributed by atoms with Gasteiger partial charge in [0, 0.05) is 24.4 Å². The van der Waals surface area contributed by atoms with Gasteiger partial charge in [-0.05, 0) is 30.5 Å². The van der Waals surface area contributed by atoms with Gasteiger partial charge in [0.25, 0.3) is 0 Å². The molecule has 140 valence electrons. The Morgan fingerprint density at radius 3 is 2.22 bits per heavy atom. The molecule has 27 heavy (non-hydrogen) atoms. The zero-order valence-corrected chi connectivity index (χ0v) is 13.7. The van der Waals surface area contributed by atoms with Crippen LogP contribution in [0, 0.1) is 11.6 Å². The van der Waals surface area contributed by atoms with Gasteiger partial charge in [-0.2, -0.15) is 18.3 Å². The molecule has 5 nitrogen and oxygen atoms in total. The lowest BCUT2D eigenvalue weighted by atomic mass is 10.0. The lowest BCUT2D eigenvalue weighted by Crippen LogP contribution is -2.23. The lowest BCUT2D eigenvalue weighted by Gasteiger charge is -2.18. The Morgan fingerprint density at radius 2 is 1.67 bits per heavy atom. The van der Waals surface area contributed by atoms with Crippen molar-refractivity contribution in [1.29, 1.82) is 0 Å². The van der Waals surface area contributed by atoms with Gasteiger partial charge in [-0.3, -0.25) is 0 Å². The van der Waals surface area contributed by atoms with E-state index in [1.165, 1.54) is 18.5 Å². The van der Waals surface area contributed by atoms with Crippen molar-refractivity contribution in [2.45, 2.75) is 31.0 Å². The van der Waals surface area contributed by atoms with Crippen LogP contribution < -0.4 is 5.32 Å². The highest BCUT2D eigenvalue weighted by molar-refractivity contribution is 6.16. The van der Waals surface area contributed by atoms with Crippen LogP contribution in [0.3, 0.4) is 0 Å². The van der Waals surface area contributed by atoms with Gasteiger partial charge in [0.2, 0.25) is 5.95 Å². The van der Waals surface area contributed by atoms with Crippen molar-refractivity contribution in [1.82, 2.24) is 9.97 Å². The summed E-state index contributed by atoms with van der Waals surface area (Å²) in [6.07, 6.45) is -0.860. The largest absolute Gasteiger partial charge is 0.431 e. The van der Waals surface area contributed by atoms with Gasteiger partial charge in [0.1, 0.15) is 5.71 Å². The number of benzene rings is 1. The molecule has 2 aliphatic rings. The van der Waals surface area contributed by atoms with E-state index >= 15 is 0 Å². The van der Waals surface area contributed by atoms with Crippen molar-refractivity contribution >= 4 is 17.4 Å². The smallest absolute Gasteiger partial charge is 0.345 e. The Labute approximate surface area is 150 Å². The van der Waals surface area contributed by atoms with E-state index in [9.17, 15) is 22.0 Å². The highest BCUT2D eigenvalue weighted by atomic mass is 19.4. The summed E-state index contributed by atoms with van der Waals surface area (Å²) in [6, 6.07) is 3.69. The van der Waals surface area contributed by atoms with Crippen molar-refractivity contribution in [2.24, 2.45) is 10.2 Å². The number of anilines is 1. The van der Waals surface area contributed by atoms with Gasteiger partial charge in [-0.1, -0.05) is 6.07 Å². The number of halogens is 5. The van der Waals surface area contributed by atoms with Crippen LogP contribution in [0.15, 0.2) is 40.8 Å². The molecule has 0 bridgehead atoms. The standard InChI is InChI=1S/C17H12F5N5/c18-11-2-1-10(5-12(11)19)16(3-4-16)25-15-23-7-9(8-24-15)13-6-14(27-26-13)17(20,21)22/h1-2,5,7-8H,3-4,6H2,(H,23,24,25). The number of hydrogen-bond donors (Lipinski definition) is 1. The quantitative estimate of drug-likeness (QED) is 0.816. The second kappa shape index (κ2) is 6.07. The van der Waals surface area contributed by atoms with Crippen molar-refractivity contribution in [2.75, 3.05) is 5.32 Å². The fourth-order valence-corrected chi connectivity index (χ4v) is 2.83. The zero-order valence-electron chi connectivity index (χ0n) is 13.7. The molecule has 1 aromatic carbocycles. The van der Waals surface area contributed by atoms with Crippen molar-refractivity contribution in [3.05, 3.63) is 53.4 Å². The summed E-state index contributed by atoms with van der Waals surface area (Å²) < 4.78 is 64.5. The van der Waals surface area contributed by atoms with Gasteiger partial charge in [0.15, 0.2) is 11.6 Å². The van der Waals surface area contributed by atoms with E-state index < -0.39 is 35.5 Å². The minimum atomic E-state index is -4.52. The van der Waals surface area contributed by atoms with E-state index in [0.717, 1.165) is 12.1 Å². The van der Waals surface area contributed by atoms with Gasteiger partial charge in [0.05, 0.1) is 11.3 Å². The number of alkyl halides is 3. The summed E-state index contributed by atoms with van der Waals surface area (Å²) in [7, 11) is 0. The first kappa shape index (κ1) is 17.5. The Balaban J connectivity index is 1.47. The van der Waals surface area contributed by atoms with E-state index in [2.05, 4.69) is 25.5 Å². The van der Waals surface area contributed by atoms with E-state index in [4.69, 9.17) is 0 Å². The summed E-state index contributed by atoms with van der Waals surface area (Å²) in [5.41, 5.74) is -0.489. The predicted octanol–water partition coefficient (Wildman–Crippen LogP) is 3.97. The van der Waals surface area contributed by atoms with Crippen LogP contribution in [0.25, 0.3) is 0 Å². The van der Waals surface area contributed by atoms with Gasteiger partial charge >= 0.3 is 6.18 Å². The molecule has 0 atom stereocenters. The number of nitrogens with zero attached hydrogens (tertiary/aromatic N) is 4. The average molecular weight is 381 g/mol. The molecule has 0 saturated heterocycles. The van der Waals surface area contributed by atoms with Crippen LogP contribution in [0.1, 0.15) is 30.4 Å². The topological polar surface area (TPSA) is 62.5 Å². The van der Waals surface area contributed by atoms with Gasteiger partial charge < -0.3 is 5.32 Å². The molecule has 0 unspecified atom stereocenters. The SMILES string of the molecule is Fc1ccc(C2(Nc3ncc(C4=NN=C(C(F)(F)F)C4)cn3)CC2)cc1F. The van der Waals surface area contributed by atoms with E-state index in [0.29, 0.717) is 24.0 Å². The molecule has 0 spiro atoms. The van der Waals surface area contributed by atoms with Crippen LogP contribution in [0.2, 0.25) is 0 Å². The molecule has 1 fully saturated rings. The molecular weight excluding hydrogens is 369 g/mol. The first-order chi connectivity index (χ1) is 12.8. The Morgan fingerprint density at radius 1 is 0.963 bits per heavy atom. The maximum absolute atomic E-state index is 13.5. The normalized spacial score (nSPS) is 18.1. The van der Waals surface area contributed by atoms with Crippen LogP contribution in [0.4, 0.5) is 27.9 Å². The molecule has 1 aliphatic carbocycles. The predicted molar refractivity (Wildman–Crippen MR) is 87.6 cm³/mol. The Bertz CT molecular complexity index is 945. The average Bonchev–Trinajstić information content (AvgIpc) is 3.21. The third-order valence-electron chi connectivity index (χ3n) is 4.51. The number of nitrogens with one attached hydrogen (secondary N) is 1. The molecule has 0 radical (unpaired) electrons. The summed E-state index contributed by atoms with van der Waals surface area (Å²) in [4.78, 5) is 8.20. The third-order valence-corrected chi connectivity index (χ3v) is 4.51. The van der Waals surface area contributed by atoms with E-state index in [1.54, 1.807) is 0 Å². The fraction of sp³-hybridized carbons (Fsp3) is 0.294. The molecule has 10 heteroatoms. The highest BCUT2D eigenvalue weighted by Crippen LogP contribution is 2.48. The molecule has 2 aromatic rings.